The minimum absolute atomic E-state index is 0.0796. The van der Waals surface area contributed by atoms with Gasteiger partial charge in [-0.05, 0) is 48.7 Å². The van der Waals surface area contributed by atoms with Crippen molar-refractivity contribution in [3.05, 3.63) is 90.0 Å². The summed E-state index contributed by atoms with van der Waals surface area (Å²) in [5.74, 6) is 0.392. The quantitative estimate of drug-likeness (QED) is 0.465. The van der Waals surface area contributed by atoms with Crippen LogP contribution in [0.3, 0.4) is 0 Å². The third kappa shape index (κ3) is 6.87. The predicted octanol–water partition coefficient (Wildman–Crippen LogP) is 4.45. The minimum atomic E-state index is -0.210. The molecule has 0 spiro atoms. The third-order valence-corrected chi connectivity index (χ3v) is 4.84. The molecule has 0 bridgehead atoms. The van der Waals surface area contributed by atoms with E-state index in [0.717, 1.165) is 18.5 Å². The van der Waals surface area contributed by atoms with E-state index in [1.165, 1.54) is 10.5 Å². The fraction of sp³-hybridized carbons (Fsp3) is 0.231. The molecule has 0 saturated heterocycles. The fourth-order valence-electron chi connectivity index (χ4n) is 3.21. The summed E-state index contributed by atoms with van der Waals surface area (Å²) in [7, 11) is 3.39. The van der Waals surface area contributed by atoms with Crippen molar-refractivity contribution < 1.29 is 14.3 Å². The Bertz CT molecular complexity index is 1040. The summed E-state index contributed by atoms with van der Waals surface area (Å²) in [4.78, 5) is 26.0. The average Bonchev–Trinajstić information content (AvgIpc) is 2.81. The van der Waals surface area contributed by atoms with Crippen LogP contribution in [0, 0.1) is 0 Å². The number of nitrogens with zero attached hydrogens (tertiary/aromatic N) is 1. The van der Waals surface area contributed by atoms with Gasteiger partial charge in [-0.25, -0.2) is 0 Å². The van der Waals surface area contributed by atoms with Gasteiger partial charge in [0.25, 0.3) is 5.91 Å². The molecule has 3 aromatic carbocycles. The highest BCUT2D eigenvalue weighted by Gasteiger charge is 2.10. The number of carbonyl (C=O) groups is 2. The van der Waals surface area contributed by atoms with Crippen molar-refractivity contribution in [1.29, 1.82) is 0 Å². The molecule has 0 aromatic heterocycles. The van der Waals surface area contributed by atoms with E-state index in [0.29, 0.717) is 23.6 Å². The molecule has 2 amide bonds. The van der Waals surface area contributed by atoms with Crippen LogP contribution in [-0.2, 0) is 11.2 Å². The van der Waals surface area contributed by atoms with Crippen molar-refractivity contribution in [3.8, 4) is 5.75 Å². The molecule has 0 fully saturated rings. The molecular formula is C26H29N3O3. The van der Waals surface area contributed by atoms with Crippen LogP contribution < -0.4 is 15.4 Å². The Balaban J connectivity index is 1.49. The lowest BCUT2D eigenvalue weighted by atomic mass is 10.1. The van der Waals surface area contributed by atoms with E-state index in [4.69, 9.17) is 4.74 Å². The van der Waals surface area contributed by atoms with E-state index in [9.17, 15) is 9.59 Å². The molecule has 2 N–H and O–H groups in total. The molecule has 6 heteroatoms. The first-order valence-electron chi connectivity index (χ1n) is 10.6. The normalized spacial score (nSPS) is 10.3. The number of para-hydroxylation sites is 2. The molecule has 0 atom stereocenters. The van der Waals surface area contributed by atoms with E-state index in [2.05, 4.69) is 22.8 Å². The Morgan fingerprint density at radius 3 is 2.44 bits per heavy atom. The number of benzene rings is 3. The van der Waals surface area contributed by atoms with Crippen molar-refractivity contribution in [1.82, 2.24) is 4.90 Å². The van der Waals surface area contributed by atoms with Crippen molar-refractivity contribution in [2.45, 2.75) is 12.8 Å². The summed E-state index contributed by atoms with van der Waals surface area (Å²) in [6, 6.07) is 24.8. The molecular weight excluding hydrogens is 402 g/mol. The molecule has 3 aromatic rings. The summed E-state index contributed by atoms with van der Waals surface area (Å²) in [6.07, 6.45) is 1.86. The number of anilines is 2. The number of aryl methyl sites for hydroxylation is 1. The standard InChI is InChI=1S/C26H29N3O3/c1-29(2)26(31)21-13-8-14-22(18-21)28-25(30)19-27-23-15-6-7-16-24(23)32-17-9-12-20-10-4-3-5-11-20/h3-8,10-11,13-16,18,27H,9,12,17,19H2,1-2H3,(H,28,30). The Morgan fingerprint density at radius 2 is 1.66 bits per heavy atom. The van der Waals surface area contributed by atoms with Gasteiger partial charge >= 0.3 is 0 Å². The second-order valence-corrected chi connectivity index (χ2v) is 7.62. The molecule has 0 unspecified atom stereocenters. The van der Waals surface area contributed by atoms with Gasteiger partial charge in [0.2, 0.25) is 5.91 Å². The SMILES string of the molecule is CN(C)C(=O)c1cccc(NC(=O)CNc2ccccc2OCCCc2ccccc2)c1. The van der Waals surface area contributed by atoms with Crippen molar-refractivity contribution >= 4 is 23.2 Å². The number of hydrogen-bond donors (Lipinski definition) is 2. The van der Waals surface area contributed by atoms with Crippen LogP contribution in [0.5, 0.6) is 5.75 Å². The van der Waals surface area contributed by atoms with Gasteiger partial charge in [-0.2, -0.15) is 0 Å². The molecule has 0 aliphatic heterocycles. The van der Waals surface area contributed by atoms with Crippen molar-refractivity contribution in [2.75, 3.05) is 37.9 Å². The second kappa shape index (κ2) is 11.6. The van der Waals surface area contributed by atoms with Gasteiger partial charge in [0, 0.05) is 25.3 Å². The first-order valence-corrected chi connectivity index (χ1v) is 10.6. The second-order valence-electron chi connectivity index (χ2n) is 7.62. The van der Waals surface area contributed by atoms with E-state index < -0.39 is 0 Å². The summed E-state index contributed by atoms with van der Waals surface area (Å²) in [5.41, 5.74) is 3.15. The van der Waals surface area contributed by atoms with Crippen LogP contribution in [0.15, 0.2) is 78.9 Å². The molecule has 0 saturated carbocycles. The zero-order valence-corrected chi connectivity index (χ0v) is 18.5. The van der Waals surface area contributed by atoms with Gasteiger partial charge in [-0.3, -0.25) is 9.59 Å². The average molecular weight is 432 g/mol. The van der Waals surface area contributed by atoms with Crippen LogP contribution in [0.1, 0.15) is 22.3 Å². The van der Waals surface area contributed by atoms with Crippen LogP contribution in [-0.4, -0.2) is 44.0 Å². The Labute approximate surface area is 189 Å². The Morgan fingerprint density at radius 1 is 0.906 bits per heavy atom. The van der Waals surface area contributed by atoms with Gasteiger partial charge in [-0.15, -0.1) is 0 Å². The molecule has 0 radical (unpaired) electrons. The number of nitrogens with one attached hydrogen (secondary N) is 2. The van der Waals surface area contributed by atoms with Crippen LogP contribution >= 0.6 is 0 Å². The topological polar surface area (TPSA) is 70.7 Å². The van der Waals surface area contributed by atoms with Gasteiger partial charge in [-0.1, -0.05) is 48.5 Å². The van der Waals surface area contributed by atoms with Crippen LogP contribution in [0.4, 0.5) is 11.4 Å². The molecule has 6 nitrogen and oxygen atoms in total. The van der Waals surface area contributed by atoms with Crippen molar-refractivity contribution in [3.63, 3.8) is 0 Å². The lowest BCUT2D eigenvalue weighted by molar-refractivity contribution is -0.114. The van der Waals surface area contributed by atoms with Crippen LogP contribution in [0.25, 0.3) is 0 Å². The molecule has 166 valence electrons. The van der Waals surface area contributed by atoms with E-state index in [1.54, 1.807) is 38.4 Å². The monoisotopic (exact) mass is 431 g/mol. The highest BCUT2D eigenvalue weighted by atomic mass is 16.5. The first kappa shape index (κ1) is 22.9. The summed E-state index contributed by atoms with van der Waals surface area (Å²) < 4.78 is 5.94. The maximum absolute atomic E-state index is 12.4. The fourth-order valence-corrected chi connectivity index (χ4v) is 3.21. The number of ether oxygens (including phenoxy) is 1. The van der Waals surface area contributed by atoms with Crippen LogP contribution in [0.2, 0.25) is 0 Å². The molecule has 0 heterocycles. The molecule has 32 heavy (non-hydrogen) atoms. The maximum atomic E-state index is 12.4. The maximum Gasteiger partial charge on any atom is 0.253 e. The van der Waals surface area contributed by atoms with Gasteiger partial charge in [0.1, 0.15) is 5.75 Å². The molecule has 3 rings (SSSR count). The molecule has 0 aliphatic rings. The third-order valence-electron chi connectivity index (χ3n) is 4.84. The zero-order valence-electron chi connectivity index (χ0n) is 18.5. The number of hydrogen-bond acceptors (Lipinski definition) is 4. The first-order chi connectivity index (χ1) is 15.5. The molecule has 0 aliphatic carbocycles. The van der Waals surface area contributed by atoms with E-state index in [-0.39, 0.29) is 18.4 Å². The Hall–Kier alpha value is -3.80. The number of rotatable bonds is 10. The lowest BCUT2D eigenvalue weighted by Gasteiger charge is -2.14. The van der Waals surface area contributed by atoms with E-state index >= 15 is 0 Å². The highest BCUT2D eigenvalue weighted by molar-refractivity contribution is 5.98. The zero-order chi connectivity index (χ0) is 22.8. The summed E-state index contributed by atoms with van der Waals surface area (Å²) >= 11 is 0. The largest absolute Gasteiger partial charge is 0.491 e. The lowest BCUT2D eigenvalue weighted by Crippen LogP contribution is -2.23. The smallest absolute Gasteiger partial charge is 0.253 e. The van der Waals surface area contributed by atoms with Gasteiger partial charge in [0.05, 0.1) is 18.8 Å². The van der Waals surface area contributed by atoms with E-state index in [1.807, 2.05) is 42.5 Å². The number of carbonyl (C=O) groups excluding carboxylic acids is 2. The number of amides is 2. The summed E-state index contributed by atoms with van der Waals surface area (Å²) in [5, 5.41) is 5.96. The van der Waals surface area contributed by atoms with Gasteiger partial charge in [0.15, 0.2) is 0 Å². The minimum Gasteiger partial charge on any atom is -0.491 e. The van der Waals surface area contributed by atoms with Gasteiger partial charge < -0.3 is 20.3 Å². The highest BCUT2D eigenvalue weighted by Crippen LogP contribution is 2.24. The Kier molecular flexibility index (Phi) is 8.26. The summed E-state index contributed by atoms with van der Waals surface area (Å²) in [6.45, 7) is 0.669. The predicted molar refractivity (Wildman–Crippen MR) is 128 cm³/mol. The van der Waals surface area contributed by atoms with Crippen molar-refractivity contribution in [2.24, 2.45) is 0 Å².